The maximum atomic E-state index is 14.1. The van der Waals surface area contributed by atoms with Crippen molar-refractivity contribution in [1.29, 1.82) is 0 Å². The topological polar surface area (TPSA) is 313 Å². The number of rotatable bonds is 66. The number of ether oxygens (including phenoxy) is 10. The summed E-state index contributed by atoms with van der Waals surface area (Å²) < 4.78 is 55.6. The number of morpholine rings is 1. The number of ketones is 3. The van der Waals surface area contributed by atoms with Crippen LogP contribution < -0.4 is 37.6 Å². The Labute approximate surface area is 544 Å². The first-order chi connectivity index (χ1) is 43.9. The molecular formula is C64H120N8O17S. The predicted molar refractivity (Wildman–Crippen MR) is 349 cm³/mol. The fraction of sp³-hybridized carbons (Fsp3) is 0.875. The zero-order chi connectivity index (χ0) is 65.6. The normalized spacial score (nSPS) is 13.5. The molecular weight excluding hydrogens is 1180 g/mol. The number of hydrogen-bond acceptors (Lipinski definition) is 20. The van der Waals surface area contributed by atoms with Gasteiger partial charge in [0.15, 0.2) is 5.11 Å². The number of thiocarbonyl (C=S) groups is 1. The van der Waals surface area contributed by atoms with Gasteiger partial charge in [-0.15, -0.1) is 0 Å². The molecule has 26 heteroatoms. The van der Waals surface area contributed by atoms with Gasteiger partial charge in [-0.1, -0.05) is 33.1 Å². The number of nitrogens with zero attached hydrogens (tertiary/aromatic N) is 1. The molecule has 0 aromatic rings. The summed E-state index contributed by atoms with van der Waals surface area (Å²) >= 11 is 5.36. The van der Waals surface area contributed by atoms with Crippen LogP contribution in [0.4, 0.5) is 0 Å². The molecule has 0 aromatic carbocycles. The van der Waals surface area contributed by atoms with Gasteiger partial charge in [0, 0.05) is 155 Å². The molecule has 0 aliphatic carbocycles. The Kier molecular flexibility index (Phi) is 58.5. The fourth-order valence-corrected chi connectivity index (χ4v) is 9.43. The summed E-state index contributed by atoms with van der Waals surface area (Å²) in [5.41, 5.74) is 5.45. The molecule has 0 spiro atoms. The molecule has 1 heterocycles. The lowest BCUT2D eigenvalue weighted by atomic mass is 9.82. The summed E-state index contributed by atoms with van der Waals surface area (Å²) in [6.45, 7) is 21.8. The second kappa shape index (κ2) is 62.5. The van der Waals surface area contributed by atoms with E-state index in [1.807, 2.05) is 6.92 Å². The van der Waals surface area contributed by atoms with Crippen LogP contribution in [-0.4, -0.2) is 249 Å². The number of Topliss-reactive ketones (excluding diaryl/α,β-unsaturated/α-hetero) is 3. The minimum atomic E-state index is -0.838. The number of carbonyl (C=O) groups is 7. The third-order valence-corrected chi connectivity index (χ3v) is 15.0. The minimum absolute atomic E-state index is 0.0139. The zero-order valence-corrected chi connectivity index (χ0v) is 56.3. The second-order valence-electron chi connectivity index (χ2n) is 22.3. The molecule has 1 saturated heterocycles. The van der Waals surface area contributed by atoms with Gasteiger partial charge in [0.2, 0.25) is 23.6 Å². The Balaban J connectivity index is 2.49. The van der Waals surface area contributed by atoms with Crippen molar-refractivity contribution < 1.29 is 80.9 Å². The maximum Gasteiger partial charge on any atom is 0.220 e. The standard InChI is InChI=1S/C64H120N8O17S/c1-4-6-7-8-15-60(76)66-23-10-33-81-42-48-88-49-43-82-34-11-24-67-61(77)19-16-55(5-2)58(74)53-57(59(75)52-56(54(3)73)17-20-62(78)68-25-12-35-83-41-47-87-46-40-80-32-9-22-65)18-21-63(79)69-26-13-36-84-44-50-89-51-45-85-37-14-27-70-64(90)71-28-29-72-30-38-86-39-31-72/h55-57H,4-53,65H2,1-3H3,(H,66,76)(H,67,77)(H,68,78)(H,69,79)(H2,70,71,90). The minimum Gasteiger partial charge on any atom is -0.379 e. The summed E-state index contributed by atoms with van der Waals surface area (Å²) in [4.78, 5) is 93.8. The van der Waals surface area contributed by atoms with Crippen molar-refractivity contribution in [3.8, 4) is 0 Å². The lowest BCUT2D eigenvalue weighted by Crippen LogP contribution is -2.43. The molecule has 524 valence electrons. The SMILES string of the molecule is CCCCCCC(=O)NCCCOCCOCCOCCCNC(=O)CCC(CC)C(=O)CC(CCC(=O)NCCCOCCOCCOCCCNC(=S)NCCN1CCOCC1)C(=O)CC(CCC(=O)NCCCOCCOCCOCCCN)C(C)=O. The smallest absolute Gasteiger partial charge is 0.220 e. The third-order valence-electron chi connectivity index (χ3n) is 14.7. The first-order valence-corrected chi connectivity index (χ1v) is 34.1. The Bertz CT molecular complexity index is 1830. The molecule has 3 unspecified atom stereocenters. The number of carbonyl (C=O) groups excluding carboxylic acids is 7. The molecule has 1 aliphatic rings. The van der Waals surface area contributed by atoms with Gasteiger partial charge >= 0.3 is 0 Å². The van der Waals surface area contributed by atoms with Crippen molar-refractivity contribution in [3.05, 3.63) is 0 Å². The van der Waals surface area contributed by atoms with Crippen LogP contribution in [0.15, 0.2) is 0 Å². The van der Waals surface area contributed by atoms with Crippen molar-refractivity contribution in [2.24, 2.45) is 23.5 Å². The highest BCUT2D eigenvalue weighted by atomic mass is 32.1. The summed E-state index contributed by atoms with van der Waals surface area (Å²) in [7, 11) is 0. The van der Waals surface area contributed by atoms with Gasteiger partial charge in [0.05, 0.1) is 92.5 Å². The predicted octanol–water partition coefficient (Wildman–Crippen LogP) is 3.77. The molecule has 1 fully saturated rings. The van der Waals surface area contributed by atoms with Gasteiger partial charge in [-0.2, -0.15) is 0 Å². The van der Waals surface area contributed by atoms with Crippen molar-refractivity contribution in [2.45, 2.75) is 149 Å². The Morgan fingerprint density at radius 2 is 0.767 bits per heavy atom. The molecule has 0 saturated carbocycles. The first kappa shape index (κ1) is 84.1. The lowest BCUT2D eigenvalue weighted by Gasteiger charge is -2.26. The van der Waals surface area contributed by atoms with E-state index in [0.717, 1.165) is 84.3 Å². The van der Waals surface area contributed by atoms with Gasteiger partial charge in [-0.3, -0.25) is 38.5 Å². The number of nitrogens with two attached hydrogens (primary N) is 1. The molecule has 25 nitrogen and oxygen atoms in total. The molecule has 90 heavy (non-hydrogen) atoms. The van der Waals surface area contributed by atoms with Crippen molar-refractivity contribution in [3.63, 3.8) is 0 Å². The van der Waals surface area contributed by atoms with Crippen LogP contribution in [-0.2, 0) is 80.9 Å². The highest BCUT2D eigenvalue weighted by molar-refractivity contribution is 7.80. The molecule has 0 bridgehead atoms. The van der Waals surface area contributed by atoms with Crippen LogP contribution in [0.1, 0.15) is 149 Å². The number of amides is 4. The highest BCUT2D eigenvalue weighted by Crippen LogP contribution is 2.25. The van der Waals surface area contributed by atoms with Crippen LogP contribution in [0.2, 0.25) is 0 Å². The van der Waals surface area contributed by atoms with E-state index in [9.17, 15) is 33.6 Å². The monoisotopic (exact) mass is 1300 g/mol. The molecule has 0 aromatic heterocycles. The van der Waals surface area contributed by atoms with E-state index >= 15 is 0 Å². The van der Waals surface area contributed by atoms with Crippen LogP contribution in [0.5, 0.6) is 0 Å². The van der Waals surface area contributed by atoms with Gasteiger partial charge in [0.1, 0.15) is 17.3 Å². The highest BCUT2D eigenvalue weighted by Gasteiger charge is 2.30. The molecule has 3 atom stereocenters. The lowest BCUT2D eigenvalue weighted by molar-refractivity contribution is -0.133. The number of nitrogens with one attached hydrogen (secondary N) is 6. The molecule has 8 N–H and O–H groups in total. The number of unbranched alkanes of at least 4 members (excludes halogenated alkanes) is 3. The molecule has 0 radical (unpaired) electrons. The van der Waals surface area contributed by atoms with Crippen molar-refractivity contribution in [2.75, 3.05) is 198 Å². The van der Waals surface area contributed by atoms with Gasteiger partial charge < -0.3 is 85.0 Å². The van der Waals surface area contributed by atoms with Gasteiger partial charge in [-0.25, -0.2) is 0 Å². The van der Waals surface area contributed by atoms with Gasteiger partial charge in [0.25, 0.3) is 0 Å². The van der Waals surface area contributed by atoms with E-state index in [-0.39, 0.29) is 85.9 Å². The Morgan fingerprint density at radius 1 is 0.422 bits per heavy atom. The molecule has 1 aliphatic heterocycles. The van der Waals surface area contributed by atoms with Crippen molar-refractivity contribution in [1.82, 2.24) is 36.8 Å². The molecule has 1 rings (SSSR count). The summed E-state index contributed by atoms with van der Waals surface area (Å²) in [5.74, 6) is -3.44. The van der Waals surface area contributed by atoms with Crippen LogP contribution in [0, 0.1) is 17.8 Å². The summed E-state index contributed by atoms with van der Waals surface area (Å²) in [6.07, 6.45) is 9.82. The zero-order valence-electron chi connectivity index (χ0n) is 55.5. The first-order valence-electron chi connectivity index (χ1n) is 33.7. The van der Waals surface area contributed by atoms with E-state index in [4.69, 9.17) is 65.3 Å². The summed E-state index contributed by atoms with van der Waals surface area (Å²) in [5, 5.41) is 18.6. The quantitative estimate of drug-likeness (QED) is 0.0337. The summed E-state index contributed by atoms with van der Waals surface area (Å²) in [6, 6.07) is 0. The van der Waals surface area contributed by atoms with Gasteiger partial charge in [-0.05, 0) is 96.3 Å². The largest absolute Gasteiger partial charge is 0.379 e. The molecule has 4 amide bonds. The van der Waals surface area contributed by atoms with E-state index in [0.29, 0.717) is 202 Å². The van der Waals surface area contributed by atoms with E-state index < -0.39 is 17.8 Å². The fourth-order valence-electron chi connectivity index (χ4n) is 9.23. The Hall–Kier alpha value is -3.90. The van der Waals surface area contributed by atoms with Crippen LogP contribution in [0.3, 0.4) is 0 Å². The third kappa shape index (κ3) is 53.6. The van der Waals surface area contributed by atoms with Crippen LogP contribution >= 0.6 is 12.2 Å². The Morgan fingerprint density at radius 3 is 1.17 bits per heavy atom. The number of hydrogen-bond donors (Lipinski definition) is 7. The van der Waals surface area contributed by atoms with Crippen molar-refractivity contribution >= 4 is 58.3 Å². The maximum absolute atomic E-state index is 14.1. The van der Waals surface area contributed by atoms with E-state index in [2.05, 4.69) is 43.7 Å². The average Bonchev–Trinajstić information content (AvgIpc) is 3.35. The second-order valence-corrected chi connectivity index (χ2v) is 22.7. The van der Waals surface area contributed by atoms with E-state index in [1.165, 1.54) is 6.92 Å². The van der Waals surface area contributed by atoms with Crippen LogP contribution in [0.25, 0.3) is 0 Å². The van der Waals surface area contributed by atoms with E-state index in [1.54, 1.807) is 0 Å². The average molecular weight is 1310 g/mol.